The number of rotatable bonds is 5. The Kier molecular flexibility index (Phi) is 6.03. The minimum absolute atomic E-state index is 0.0639. The number of carbonyl (C=O) groups is 1. The molecule has 2 rings (SSSR count). The van der Waals surface area contributed by atoms with Crippen LogP contribution in [0, 0.1) is 0 Å². The highest BCUT2D eigenvalue weighted by Gasteiger charge is 2.32. The van der Waals surface area contributed by atoms with Gasteiger partial charge in [-0.1, -0.05) is 6.07 Å². The lowest BCUT2D eigenvalue weighted by atomic mass is 10.0. The molecule has 1 N–H and O–H groups in total. The molecule has 0 fully saturated rings. The second-order valence-electron chi connectivity index (χ2n) is 6.93. The van der Waals surface area contributed by atoms with Gasteiger partial charge in [-0.05, 0) is 57.2 Å². The van der Waals surface area contributed by atoms with Gasteiger partial charge in [-0.2, -0.15) is 13.2 Å². The summed E-state index contributed by atoms with van der Waals surface area (Å²) in [6.45, 7) is 4.89. The molecule has 2 aromatic carbocycles. The van der Waals surface area contributed by atoms with Crippen LogP contribution in [0.1, 0.15) is 42.3 Å². The minimum Gasteiger partial charge on any atom is -0.489 e. The molecule has 0 unspecified atom stereocenters. The summed E-state index contributed by atoms with van der Waals surface area (Å²) < 4.78 is 50.0. The Bertz CT molecular complexity index is 794. The van der Waals surface area contributed by atoms with Crippen LogP contribution in [-0.4, -0.2) is 18.6 Å². The molecule has 0 aliphatic heterocycles. The minimum atomic E-state index is -4.56. The van der Waals surface area contributed by atoms with Crippen LogP contribution >= 0.6 is 0 Å². The second kappa shape index (κ2) is 7.90. The molecular weight excluding hydrogens is 359 g/mol. The Labute approximate surface area is 156 Å². The second-order valence-corrected chi connectivity index (χ2v) is 6.93. The third-order valence-electron chi connectivity index (χ3n) is 3.59. The highest BCUT2D eigenvalue weighted by atomic mass is 19.4. The van der Waals surface area contributed by atoms with E-state index < -0.39 is 23.3 Å². The van der Waals surface area contributed by atoms with Crippen molar-refractivity contribution in [3.63, 3.8) is 0 Å². The molecule has 0 saturated heterocycles. The van der Waals surface area contributed by atoms with Crippen molar-refractivity contribution in [2.75, 3.05) is 12.4 Å². The summed E-state index contributed by atoms with van der Waals surface area (Å²) in [5.41, 5.74) is -0.690. The van der Waals surface area contributed by atoms with Gasteiger partial charge in [0.05, 0.1) is 11.1 Å². The first-order valence-corrected chi connectivity index (χ1v) is 8.34. The Morgan fingerprint density at radius 3 is 2.19 bits per heavy atom. The lowest BCUT2D eigenvalue weighted by Crippen LogP contribution is -2.25. The van der Waals surface area contributed by atoms with Crippen LogP contribution in [0.25, 0.3) is 0 Å². The molecule has 0 saturated carbocycles. The van der Waals surface area contributed by atoms with Crippen LogP contribution in [0.4, 0.5) is 18.9 Å². The smallest absolute Gasteiger partial charge is 0.416 e. The number of benzene rings is 2. The molecule has 146 valence electrons. The van der Waals surface area contributed by atoms with E-state index in [1.807, 2.05) is 0 Å². The van der Waals surface area contributed by atoms with Crippen molar-refractivity contribution in [2.45, 2.75) is 39.2 Å². The topological polar surface area (TPSA) is 47.6 Å². The zero-order chi connectivity index (χ0) is 20.2. The molecule has 0 aromatic heterocycles. The van der Waals surface area contributed by atoms with Gasteiger partial charge in [0.25, 0.3) is 0 Å². The molecule has 4 nitrogen and oxygen atoms in total. The number of halogens is 3. The largest absolute Gasteiger partial charge is 0.489 e. The molecule has 0 spiro atoms. The molecule has 2 aromatic rings. The van der Waals surface area contributed by atoms with Crippen LogP contribution in [0.15, 0.2) is 42.5 Å². The number of nitrogens with one attached hydrogen (secondary N) is 1. The van der Waals surface area contributed by atoms with Crippen LogP contribution in [0.3, 0.4) is 0 Å². The first kappa shape index (κ1) is 20.6. The number of esters is 1. The fourth-order valence-electron chi connectivity index (χ4n) is 2.28. The molecule has 7 heteroatoms. The molecule has 0 aliphatic carbocycles. The van der Waals surface area contributed by atoms with E-state index >= 15 is 0 Å². The van der Waals surface area contributed by atoms with Gasteiger partial charge in [-0.25, -0.2) is 4.79 Å². The summed E-state index contributed by atoms with van der Waals surface area (Å²) in [7, 11) is 1.78. The maximum atomic E-state index is 13.0. The maximum Gasteiger partial charge on any atom is 0.416 e. The molecule has 0 aliphatic rings. The SMILES string of the molecule is CNc1ccc(OCc2ccc(C(F)(F)F)cc2C(=O)OC(C)(C)C)cc1. The molecule has 0 radical (unpaired) electrons. The molecule has 0 heterocycles. The zero-order valence-corrected chi connectivity index (χ0v) is 15.6. The number of hydrogen-bond acceptors (Lipinski definition) is 4. The monoisotopic (exact) mass is 381 g/mol. The average Bonchev–Trinajstić information content (AvgIpc) is 2.58. The van der Waals surface area contributed by atoms with Crippen LogP contribution < -0.4 is 10.1 Å². The summed E-state index contributed by atoms with van der Waals surface area (Å²) in [6.07, 6.45) is -4.56. The van der Waals surface area contributed by atoms with Crippen molar-refractivity contribution in [1.29, 1.82) is 0 Å². The maximum absolute atomic E-state index is 13.0. The fraction of sp³-hybridized carbons (Fsp3) is 0.350. The van der Waals surface area contributed by atoms with Gasteiger partial charge in [0.2, 0.25) is 0 Å². The van der Waals surface area contributed by atoms with Crippen LogP contribution in [-0.2, 0) is 17.5 Å². The number of anilines is 1. The van der Waals surface area contributed by atoms with E-state index in [0.717, 1.165) is 17.8 Å². The van der Waals surface area contributed by atoms with Gasteiger partial charge < -0.3 is 14.8 Å². The van der Waals surface area contributed by atoms with Gasteiger partial charge in [0.15, 0.2) is 0 Å². The number of carbonyl (C=O) groups excluding carboxylic acids is 1. The predicted octanol–water partition coefficient (Wildman–Crippen LogP) is 5.28. The molecule has 27 heavy (non-hydrogen) atoms. The Morgan fingerprint density at radius 2 is 1.67 bits per heavy atom. The van der Waals surface area contributed by atoms with Crippen LogP contribution in [0.2, 0.25) is 0 Å². The third kappa shape index (κ3) is 5.91. The van der Waals surface area contributed by atoms with E-state index in [2.05, 4.69) is 5.32 Å². The Hall–Kier alpha value is -2.70. The van der Waals surface area contributed by atoms with Crippen molar-refractivity contribution in [3.05, 3.63) is 59.2 Å². The standard InChI is InChI=1S/C20H22F3NO3/c1-19(2,3)27-18(25)17-11-14(20(21,22)23)6-5-13(17)12-26-16-9-7-15(24-4)8-10-16/h5-11,24H,12H2,1-4H3. The first-order chi connectivity index (χ1) is 12.5. The van der Waals surface area contributed by atoms with Gasteiger partial charge in [-0.15, -0.1) is 0 Å². The predicted molar refractivity (Wildman–Crippen MR) is 96.9 cm³/mol. The summed E-state index contributed by atoms with van der Waals surface area (Å²) >= 11 is 0. The highest BCUT2D eigenvalue weighted by molar-refractivity contribution is 5.91. The molecule has 0 amide bonds. The summed E-state index contributed by atoms with van der Waals surface area (Å²) in [5.74, 6) is -0.290. The van der Waals surface area contributed by atoms with Gasteiger partial charge >= 0.3 is 12.1 Å². The van der Waals surface area contributed by atoms with Crippen molar-refractivity contribution in [1.82, 2.24) is 0 Å². The summed E-state index contributed by atoms with van der Waals surface area (Å²) in [5, 5.41) is 2.97. The lowest BCUT2D eigenvalue weighted by molar-refractivity contribution is -0.137. The third-order valence-corrected chi connectivity index (χ3v) is 3.59. The van der Waals surface area contributed by atoms with E-state index in [1.54, 1.807) is 52.1 Å². The Balaban J connectivity index is 2.28. The molecule has 0 bridgehead atoms. The van der Waals surface area contributed by atoms with Crippen molar-refractivity contribution in [3.8, 4) is 5.75 Å². The van der Waals surface area contributed by atoms with E-state index in [0.29, 0.717) is 11.3 Å². The van der Waals surface area contributed by atoms with E-state index in [4.69, 9.17) is 9.47 Å². The van der Waals surface area contributed by atoms with Crippen LogP contribution in [0.5, 0.6) is 5.75 Å². The first-order valence-electron chi connectivity index (χ1n) is 8.34. The Morgan fingerprint density at radius 1 is 1.04 bits per heavy atom. The van der Waals surface area contributed by atoms with Crippen molar-refractivity contribution < 1.29 is 27.4 Å². The highest BCUT2D eigenvalue weighted by Crippen LogP contribution is 2.31. The number of ether oxygens (including phenoxy) is 2. The van der Waals surface area contributed by atoms with E-state index in [9.17, 15) is 18.0 Å². The van der Waals surface area contributed by atoms with Gasteiger partial charge in [0, 0.05) is 18.3 Å². The molecular formula is C20H22F3NO3. The van der Waals surface area contributed by atoms with Gasteiger partial charge in [0.1, 0.15) is 18.0 Å². The van der Waals surface area contributed by atoms with E-state index in [1.165, 1.54) is 6.07 Å². The quantitative estimate of drug-likeness (QED) is 0.716. The van der Waals surface area contributed by atoms with E-state index in [-0.39, 0.29) is 12.2 Å². The van der Waals surface area contributed by atoms with Gasteiger partial charge in [-0.3, -0.25) is 0 Å². The summed E-state index contributed by atoms with van der Waals surface area (Å²) in [4.78, 5) is 12.4. The lowest BCUT2D eigenvalue weighted by Gasteiger charge is -2.21. The number of hydrogen-bond donors (Lipinski definition) is 1. The zero-order valence-electron chi connectivity index (χ0n) is 15.6. The normalized spacial score (nSPS) is 11.8. The fourth-order valence-corrected chi connectivity index (χ4v) is 2.28. The molecule has 0 atom stereocenters. The van der Waals surface area contributed by atoms with Crippen molar-refractivity contribution in [2.24, 2.45) is 0 Å². The summed E-state index contributed by atoms with van der Waals surface area (Å²) in [6, 6.07) is 10.0. The number of alkyl halides is 3. The average molecular weight is 381 g/mol. The van der Waals surface area contributed by atoms with Crippen molar-refractivity contribution >= 4 is 11.7 Å².